The van der Waals surface area contributed by atoms with Crippen molar-refractivity contribution in [1.82, 2.24) is 10.2 Å². The van der Waals surface area contributed by atoms with Gasteiger partial charge in [0.05, 0.1) is 0 Å². The van der Waals surface area contributed by atoms with Gasteiger partial charge < -0.3 is 10.2 Å². The molecule has 0 saturated carbocycles. The molecule has 0 aromatic heterocycles. The van der Waals surface area contributed by atoms with Gasteiger partial charge in [0.15, 0.2) is 0 Å². The number of carbonyl (C=O) groups is 2. The summed E-state index contributed by atoms with van der Waals surface area (Å²) in [5.74, 6) is -0.688. The van der Waals surface area contributed by atoms with Gasteiger partial charge in [-0.25, -0.2) is 4.39 Å². The normalized spacial score (nSPS) is 10.4. The van der Waals surface area contributed by atoms with Crippen molar-refractivity contribution in [3.05, 3.63) is 70.5 Å². The maximum Gasteiger partial charge on any atom is 0.221 e. The lowest BCUT2D eigenvalue weighted by molar-refractivity contribution is -0.130. The fraction of sp³-hybridized carbons (Fsp3) is 0.300. The zero-order valence-corrected chi connectivity index (χ0v) is 15.4. The molecule has 0 spiro atoms. The second kappa shape index (κ2) is 9.92. The quantitative estimate of drug-likeness (QED) is 0.765. The molecule has 4 nitrogen and oxygen atoms in total. The Morgan fingerprint density at radius 3 is 2.46 bits per heavy atom. The standard InChI is InChI=1S/C20H22ClFN2O2/c1-15(25)24(14-17-4-2-3-5-19(17)22)13-11-20(26)23-12-10-16-6-8-18(21)9-7-16/h2-9H,10-14H2,1H3,(H,23,26). The third kappa shape index (κ3) is 6.48. The molecule has 0 fully saturated rings. The number of hydrogen-bond donors (Lipinski definition) is 1. The molecule has 0 radical (unpaired) electrons. The number of amides is 2. The van der Waals surface area contributed by atoms with Crippen LogP contribution in [-0.2, 0) is 22.6 Å². The Hall–Kier alpha value is -2.40. The second-order valence-electron chi connectivity index (χ2n) is 6.01. The average molecular weight is 377 g/mol. The monoisotopic (exact) mass is 376 g/mol. The molecule has 2 aromatic rings. The van der Waals surface area contributed by atoms with Crippen LogP contribution in [0, 0.1) is 5.82 Å². The van der Waals surface area contributed by atoms with Crippen LogP contribution in [0.15, 0.2) is 48.5 Å². The summed E-state index contributed by atoms with van der Waals surface area (Å²) >= 11 is 5.83. The van der Waals surface area contributed by atoms with Gasteiger partial charge in [0.1, 0.15) is 5.82 Å². The molecular formula is C20H22ClFN2O2. The van der Waals surface area contributed by atoms with Gasteiger partial charge in [-0.1, -0.05) is 41.9 Å². The smallest absolute Gasteiger partial charge is 0.221 e. The van der Waals surface area contributed by atoms with Crippen LogP contribution in [0.3, 0.4) is 0 Å². The molecule has 138 valence electrons. The van der Waals surface area contributed by atoms with Crippen LogP contribution in [0.5, 0.6) is 0 Å². The summed E-state index contributed by atoms with van der Waals surface area (Å²) < 4.78 is 13.7. The Labute approximate surface area is 158 Å². The van der Waals surface area contributed by atoms with Crippen molar-refractivity contribution in [2.24, 2.45) is 0 Å². The zero-order chi connectivity index (χ0) is 18.9. The third-order valence-corrected chi connectivity index (χ3v) is 4.27. The van der Waals surface area contributed by atoms with Crippen LogP contribution in [-0.4, -0.2) is 29.8 Å². The van der Waals surface area contributed by atoms with Gasteiger partial charge in [-0.2, -0.15) is 0 Å². The molecule has 0 saturated heterocycles. The molecule has 2 aromatic carbocycles. The highest BCUT2D eigenvalue weighted by Gasteiger charge is 2.13. The highest BCUT2D eigenvalue weighted by Crippen LogP contribution is 2.11. The van der Waals surface area contributed by atoms with E-state index in [2.05, 4.69) is 5.32 Å². The molecule has 0 atom stereocenters. The first-order valence-corrected chi connectivity index (χ1v) is 8.83. The maximum absolute atomic E-state index is 13.7. The molecular weight excluding hydrogens is 355 g/mol. The van der Waals surface area contributed by atoms with Crippen LogP contribution in [0.2, 0.25) is 5.02 Å². The van der Waals surface area contributed by atoms with Crippen molar-refractivity contribution in [2.45, 2.75) is 26.3 Å². The number of nitrogens with one attached hydrogen (secondary N) is 1. The molecule has 0 bridgehead atoms. The summed E-state index contributed by atoms with van der Waals surface area (Å²) in [7, 11) is 0. The summed E-state index contributed by atoms with van der Waals surface area (Å²) in [5.41, 5.74) is 1.52. The van der Waals surface area contributed by atoms with E-state index in [0.29, 0.717) is 23.6 Å². The summed E-state index contributed by atoms with van der Waals surface area (Å²) in [4.78, 5) is 25.2. The first kappa shape index (κ1) is 19.9. The van der Waals surface area contributed by atoms with Gasteiger partial charge in [-0.05, 0) is 30.2 Å². The van der Waals surface area contributed by atoms with Crippen molar-refractivity contribution in [3.63, 3.8) is 0 Å². The van der Waals surface area contributed by atoms with Crippen molar-refractivity contribution >= 4 is 23.4 Å². The molecule has 26 heavy (non-hydrogen) atoms. The van der Waals surface area contributed by atoms with Crippen LogP contribution >= 0.6 is 11.6 Å². The number of rotatable bonds is 8. The third-order valence-electron chi connectivity index (χ3n) is 4.02. The van der Waals surface area contributed by atoms with Crippen LogP contribution in [0.1, 0.15) is 24.5 Å². The molecule has 2 rings (SSSR count). The second-order valence-corrected chi connectivity index (χ2v) is 6.44. The SMILES string of the molecule is CC(=O)N(CCC(=O)NCCc1ccc(Cl)cc1)Cc1ccccc1F. The first-order chi connectivity index (χ1) is 12.5. The summed E-state index contributed by atoms with van der Waals surface area (Å²) in [6.45, 7) is 2.32. The lowest BCUT2D eigenvalue weighted by atomic mass is 10.1. The van der Waals surface area contributed by atoms with Crippen molar-refractivity contribution in [2.75, 3.05) is 13.1 Å². The molecule has 1 N–H and O–H groups in total. The fourth-order valence-electron chi connectivity index (χ4n) is 2.50. The van der Waals surface area contributed by atoms with Crippen molar-refractivity contribution < 1.29 is 14.0 Å². The Balaban J connectivity index is 1.77. The van der Waals surface area contributed by atoms with E-state index < -0.39 is 0 Å². The van der Waals surface area contributed by atoms with Gasteiger partial charge >= 0.3 is 0 Å². The zero-order valence-electron chi connectivity index (χ0n) is 14.7. The minimum atomic E-state index is -0.355. The molecule has 0 aliphatic carbocycles. The van der Waals surface area contributed by atoms with E-state index in [-0.39, 0.29) is 37.1 Å². The number of hydrogen-bond acceptors (Lipinski definition) is 2. The average Bonchev–Trinajstić information content (AvgIpc) is 2.61. The summed E-state index contributed by atoms with van der Waals surface area (Å²) in [5, 5.41) is 3.51. The van der Waals surface area contributed by atoms with Gasteiger partial charge in [0.25, 0.3) is 0 Å². The van der Waals surface area contributed by atoms with Gasteiger partial charge in [0, 0.05) is 43.6 Å². The van der Waals surface area contributed by atoms with E-state index in [9.17, 15) is 14.0 Å². The fourth-order valence-corrected chi connectivity index (χ4v) is 2.63. The van der Waals surface area contributed by atoms with E-state index in [1.165, 1.54) is 17.9 Å². The molecule has 2 amide bonds. The van der Waals surface area contributed by atoms with Gasteiger partial charge in [0.2, 0.25) is 11.8 Å². The number of halogens is 2. The predicted octanol–water partition coefficient (Wildman–Crippen LogP) is 3.58. The van der Waals surface area contributed by atoms with Crippen molar-refractivity contribution in [1.29, 1.82) is 0 Å². The Bertz CT molecular complexity index is 750. The lowest BCUT2D eigenvalue weighted by Gasteiger charge is -2.21. The number of carbonyl (C=O) groups excluding carboxylic acids is 2. The lowest BCUT2D eigenvalue weighted by Crippen LogP contribution is -2.34. The molecule has 0 heterocycles. The Kier molecular flexibility index (Phi) is 7.60. The largest absolute Gasteiger partial charge is 0.356 e. The van der Waals surface area contributed by atoms with Crippen LogP contribution in [0.4, 0.5) is 4.39 Å². The highest BCUT2D eigenvalue weighted by molar-refractivity contribution is 6.30. The maximum atomic E-state index is 13.7. The molecule has 0 unspecified atom stereocenters. The number of benzene rings is 2. The van der Waals surface area contributed by atoms with E-state index in [1.807, 2.05) is 24.3 Å². The topological polar surface area (TPSA) is 49.4 Å². The minimum absolute atomic E-state index is 0.140. The van der Waals surface area contributed by atoms with Gasteiger partial charge in [-0.3, -0.25) is 9.59 Å². The Morgan fingerprint density at radius 2 is 1.81 bits per heavy atom. The van der Waals surface area contributed by atoms with E-state index in [4.69, 9.17) is 11.6 Å². The van der Waals surface area contributed by atoms with Crippen LogP contribution in [0.25, 0.3) is 0 Å². The van der Waals surface area contributed by atoms with Crippen molar-refractivity contribution in [3.8, 4) is 0 Å². The van der Waals surface area contributed by atoms with E-state index in [0.717, 1.165) is 5.56 Å². The summed E-state index contributed by atoms with van der Waals surface area (Å²) in [6.07, 6.45) is 0.878. The summed E-state index contributed by atoms with van der Waals surface area (Å²) in [6, 6.07) is 13.8. The Morgan fingerprint density at radius 1 is 1.12 bits per heavy atom. The molecule has 6 heteroatoms. The first-order valence-electron chi connectivity index (χ1n) is 8.46. The van der Waals surface area contributed by atoms with Gasteiger partial charge in [-0.15, -0.1) is 0 Å². The van der Waals surface area contributed by atoms with E-state index >= 15 is 0 Å². The van der Waals surface area contributed by atoms with E-state index in [1.54, 1.807) is 18.2 Å². The minimum Gasteiger partial charge on any atom is -0.356 e. The highest BCUT2D eigenvalue weighted by atomic mass is 35.5. The van der Waals surface area contributed by atoms with Crippen LogP contribution < -0.4 is 5.32 Å². The number of nitrogens with zero attached hydrogens (tertiary/aromatic N) is 1. The molecule has 0 aliphatic heterocycles. The predicted molar refractivity (Wildman–Crippen MR) is 100 cm³/mol. The molecule has 0 aliphatic rings.